The number of hydrogen-bond donors (Lipinski definition) is 3. The Morgan fingerprint density at radius 3 is 2.62 bits per heavy atom. The molecule has 1 unspecified atom stereocenters. The summed E-state index contributed by atoms with van der Waals surface area (Å²) >= 11 is 0. The van der Waals surface area contributed by atoms with Crippen LogP contribution in [0.25, 0.3) is 0 Å². The first-order chi connectivity index (χ1) is 9.80. The lowest BCUT2D eigenvalue weighted by Gasteiger charge is -2.29. The minimum absolute atomic E-state index is 0.0165. The summed E-state index contributed by atoms with van der Waals surface area (Å²) in [6, 6.07) is 4.23. The zero-order valence-corrected chi connectivity index (χ0v) is 13.2. The van der Waals surface area contributed by atoms with Crippen LogP contribution in [0.4, 0.5) is 0 Å². The van der Waals surface area contributed by atoms with Gasteiger partial charge >= 0.3 is 0 Å². The predicted octanol–water partition coefficient (Wildman–Crippen LogP) is 1.81. The zero-order chi connectivity index (χ0) is 16.3. The van der Waals surface area contributed by atoms with Gasteiger partial charge in [-0.3, -0.25) is 9.59 Å². The molecule has 0 radical (unpaired) electrons. The van der Waals surface area contributed by atoms with E-state index in [9.17, 15) is 4.79 Å². The van der Waals surface area contributed by atoms with Gasteiger partial charge in [-0.25, -0.2) is 0 Å². The molecule has 0 bridgehead atoms. The number of furan rings is 1. The second-order valence-corrected chi connectivity index (χ2v) is 5.56. The number of carbonyl (C=O) groups excluding carboxylic acids is 1. The number of nitrogens with one attached hydrogen (secondary N) is 2. The molecular weight excluding hydrogens is 272 g/mol. The number of carbonyl (C=O) groups is 2. The van der Waals surface area contributed by atoms with E-state index in [2.05, 4.69) is 17.6 Å². The molecule has 1 aromatic heterocycles. The maximum atomic E-state index is 11.1. The Hall–Kier alpha value is -1.82. The molecule has 1 heterocycles. The first-order valence-corrected chi connectivity index (χ1v) is 6.93. The first kappa shape index (κ1) is 19.2. The summed E-state index contributed by atoms with van der Waals surface area (Å²) in [4.78, 5) is 19.4. The van der Waals surface area contributed by atoms with Crippen LogP contribution in [0.2, 0.25) is 0 Å². The molecule has 1 aromatic rings. The van der Waals surface area contributed by atoms with Gasteiger partial charge in [0.1, 0.15) is 5.76 Å². The van der Waals surface area contributed by atoms with Crippen molar-refractivity contribution in [1.29, 1.82) is 0 Å². The quantitative estimate of drug-likeness (QED) is 0.668. The highest BCUT2D eigenvalue weighted by Crippen LogP contribution is 2.11. The van der Waals surface area contributed by atoms with Crippen LogP contribution < -0.4 is 10.6 Å². The molecule has 120 valence electrons. The van der Waals surface area contributed by atoms with Gasteiger partial charge in [-0.2, -0.15) is 0 Å². The summed E-state index contributed by atoms with van der Waals surface area (Å²) in [5.41, 5.74) is -0.178. The highest BCUT2D eigenvalue weighted by molar-refractivity contribution is 5.73. The van der Waals surface area contributed by atoms with E-state index in [1.807, 2.05) is 26.0 Å². The van der Waals surface area contributed by atoms with E-state index in [0.29, 0.717) is 6.04 Å². The van der Waals surface area contributed by atoms with E-state index < -0.39 is 0 Å². The van der Waals surface area contributed by atoms with Crippen molar-refractivity contribution in [2.24, 2.45) is 0 Å². The first-order valence-electron chi connectivity index (χ1n) is 6.93. The molecule has 6 heteroatoms. The van der Waals surface area contributed by atoms with E-state index in [-0.39, 0.29) is 17.9 Å². The van der Waals surface area contributed by atoms with E-state index >= 15 is 0 Å². The van der Waals surface area contributed by atoms with Crippen LogP contribution in [0.5, 0.6) is 0 Å². The third kappa shape index (κ3) is 10.6. The normalized spacial score (nSPS) is 12.0. The Morgan fingerprint density at radius 1 is 1.52 bits per heavy atom. The average molecular weight is 298 g/mol. The molecule has 0 aromatic carbocycles. The van der Waals surface area contributed by atoms with Crippen LogP contribution in [0.1, 0.15) is 39.9 Å². The van der Waals surface area contributed by atoms with Crippen molar-refractivity contribution in [3.8, 4) is 0 Å². The summed E-state index contributed by atoms with van der Waals surface area (Å²) in [6.45, 7) is 8.39. The fourth-order valence-electron chi connectivity index (χ4n) is 2.26. The highest BCUT2D eigenvalue weighted by atomic mass is 16.3. The number of amides is 1. The molecule has 0 fully saturated rings. The topological polar surface area (TPSA) is 91.6 Å². The highest BCUT2D eigenvalue weighted by Gasteiger charge is 2.21. The molecule has 1 rings (SSSR count). The molecule has 0 spiro atoms. The summed E-state index contributed by atoms with van der Waals surface area (Å²) in [6.07, 6.45) is 3.47. The molecule has 6 nitrogen and oxygen atoms in total. The second-order valence-electron chi connectivity index (χ2n) is 5.56. The van der Waals surface area contributed by atoms with Gasteiger partial charge in [0.2, 0.25) is 5.91 Å². The van der Waals surface area contributed by atoms with Crippen molar-refractivity contribution >= 4 is 12.4 Å². The van der Waals surface area contributed by atoms with Gasteiger partial charge in [-0.05, 0) is 39.3 Å². The van der Waals surface area contributed by atoms with Gasteiger partial charge < -0.3 is 20.2 Å². The zero-order valence-electron chi connectivity index (χ0n) is 13.2. The fraction of sp³-hybridized carbons (Fsp3) is 0.600. The second kappa shape index (κ2) is 9.99. The number of rotatable bonds is 7. The van der Waals surface area contributed by atoms with E-state index in [4.69, 9.17) is 14.3 Å². The molecule has 3 N–H and O–H groups in total. The van der Waals surface area contributed by atoms with Gasteiger partial charge in [0.25, 0.3) is 6.47 Å². The van der Waals surface area contributed by atoms with Crippen LogP contribution in [-0.2, 0) is 16.0 Å². The van der Waals surface area contributed by atoms with Crippen molar-refractivity contribution in [1.82, 2.24) is 10.6 Å². The van der Waals surface area contributed by atoms with E-state index in [0.717, 1.165) is 25.1 Å². The maximum absolute atomic E-state index is 11.1. The maximum Gasteiger partial charge on any atom is 0.290 e. The lowest BCUT2D eigenvalue weighted by Crippen LogP contribution is -2.47. The fourth-order valence-corrected chi connectivity index (χ4v) is 2.26. The van der Waals surface area contributed by atoms with E-state index in [1.54, 1.807) is 13.2 Å². The van der Waals surface area contributed by atoms with Crippen LogP contribution in [0.3, 0.4) is 0 Å². The van der Waals surface area contributed by atoms with Crippen LogP contribution in [0.15, 0.2) is 22.8 Å². The molecule has 1 atom stereocenters. The average Bonchev–Trinajstić information content (AvgIpc) is 2.80. The Balaban J connectivity index is 0.00000122. The molecular formula is C15H26N2O4. The molecule has 1 amide bonds. The van der Waals surface area contributed by atoms with Crippen molar-refractivity contribution in [3.63, 3.8) is 0 Å². The minimum atomic E-state index is -0.250. The van der Waals surface area contributed by atoms with Gasteiger partial charge in [-0.15, -0.1) is 0 Å². The van der Waals surface area contributed by atoms with Crippen molar-refractivity contribution in [3.05, 3.63) is 24.2 Å². The number of hydrogen-bond acceptors (Lipinski definition) is 4. The molecule has 0 aliphatic carbocycles. The lowest BCUT2D eigenvalue weighted by molar-refractivity contribution is -0.123. The molecule has 0 saturated heterocycles. The van der Waals surface area contributed by atoms with Crippen LogP contribution in [0, 0.1) is 0 Å². The van der Waals surface area contributed by atoms with Gasteiger partial charge in [0, 0.05) is 31.5 Å². The van der Waals surface area contributed by atoms with Crippen LogP contribution >= 0.6 is 0 Å². The third-order valence-electron chi connectivity index (χ3n) is 2.78. The Labute approximate surface area is 125 Å². The smallest absolute Gasteiger partial charge is 0.290 e. The Morgan fingerprint density at radius 2 is 2.14 bits per heavy atom. The number of carboxylic acid groups (broad SMARTS) is 1. The SMILES string of the molecule is CC(=O)NC(C)(C)CC(C)NCCc1ccco1.O=CO. The van der Waals surface area contributed by atoms with Crippen molar-refractivity contribution in [2.75, 3.05) is 6.54 Å². The van der Waals surface area contributed by atoms with Crippen molar-refractivity contribution in [2.45, 2.75) is 52.1 Å². The summed E-state index contributed by atoms with van der Waals surface area (Å²) in [7, 11) is 0. The summed E-state index contributed by atoms with van der Waals surface area (Å²) in [5.74, 6) is 1.01. The minimum Gasteiger partial charge on any atom is -0.483 e. The van der Waals surface area contributed by atoms with Gasteiger partial charge in [0.05, 0.1) is 6.26 Å². The van der Waals surface area contributed by atoms with Crippen molar-refractivity contribution < 1.29 is 19.1 Å². The predicted molar refractivity (Wildman–Crippen MR) is 81.1 cm³/mol. The summed E-state index contributed by atoms with van der Waals surface area (Å²) in [5, 5.41) is 13.3. The van der Waals surface area contributed by atoms with Gasteiger partial charge in [-0.1, -0.05) is 0 Å². The monoisotopic (exact) mass is 298 g/mol. The lowest BCUT2D eigenvalue weighted by atomic mass is 9.96. The third-order valence-corrected chi connectivity index (χ3v) is 2.78. The molecule has 21 heavy (non-hydrogen) atoms. The summed E-state index contributed by atoms with van der Waals surface area (Å²) < 4.78 is 5.27. The molecule has 0 saturated carbocycles. The largest absolute Gasteiger partial charge is 0.483 e. The molecule has 0 aliphatic rings. The standard InChI is InChI=1S/C14H24N2O2.CH2O2/c1-11(10-14(3,4)16-12(2)17)15-8-7-13-6-5-9-18-13;2-1-3/h5-6,9,11,15H,7-8,10H2,1-4H3,(H,16,17);1H,(H,2,3). The molecule has 0 aliphatic heterocycles. The van der Waals surface area contributed by atoms with Crippen LogP contribution in [-0.4, -0.2) is 35.6 Å². The van der Waals surface area contributed by atoms with E-state index in [1.165, 1.54) is 0 Å². The van der Waals surface area contributed by atoms with Gasteiger partial charge in [0.15, 0.2) is 0 Å². The Kier molecular flexibility index (Phi) is 9.12. The Bertz CT molecular complexity index is 402.